The van der Waals surface area contributed by atoms with E-state index in [4.69, 9.17) is 0 Å². The van der Waals surface area contributed by atoms with Gasteiger partial charge in [0.25, 0.3) is 0 Å². The van der Waals surface area contributed by atoms with E-state index < -0.39 is 12.0 Å². The lowest BCUT2D eigenvalue weighted by molar-refractivity contribution is -0.146. The van der Waals surface area contributed by atoms with Crippen LogP contribution in [-0.2, 0) is 14.3 Å². The minimum atomic E-state index is -0.572. The van der Waals surface area contributed by atoms with Gasteiger partial charge in [0, 0.05) is 12.5 Å². The maximum atomic E-state index is 11.7. The molecule has 0 rings (SSSR count). The summed E-state index contributed by atoms with van der Waals surface area (Å²) >= 11 is 0. The van der Waals surface area contributed by atoms with Gasteiger partial charge in [0.15, 0.2) is 0 Å². The summed E-state index contributed by atoms with van der Waals surface area (Å²) in [4.78, 5) is 23.1. The molecule has 16 heavy (non-hydrogen) atoms. The van der Waals surface area contributed by atoms with Crippen molar-refractivity contribution in [2.24, 2.45) is 11.8 Å². The van der Waals surface area contributed by atoms with Gasteiger partial charge in [-0.2, -0.15) is 0 Å². The Morgan fingerprint density at radius 1 is 1.25 bits per heavy atom. The molecule has 0 aromatic heterocycles. The molecule has 94 valence electrons. The predicted molar refractivity (Wildman–Crippen MR) is 61.9 cm³/mol. The quantitative estimate of drug-likeness (QED) is 0.638. The molecule has 2 N–H and O–H groups in total. The number of nitrogens with one attached hydrogen (secondary N) is 2. The molecular formula is C11H22N2O3. The smallest absolute Gasteiger partial charge is 0.328 e. The number of amides is 1. The van der Waals surface area contributed by atoms with Gasteiger partial charge >= 0.3 is 5.97 Å². The summed E-state index contributed by atoms with van der Waals surface area (Å²) in [7, 11) is 3.10. The molecule has 5 nitrogen and oxygen atoms in total. The van der Waals surface area contributed by atoms with E-state index in [0.29, 0.717) is 6.54 Å². The molecule has 0 radical (unpaired) electrons. The van der Waals surface area contributed by atoms with E-state index in [-0.39, 0.29) is 17.7 Å². The minimum absolute atomic E-state index is 0.0122. The molecule has 5 heteroatoms. The first kappa shape index (κ1) is 14.9. The average Bonchev–Trinajstić information content (AvgIpc) is 2.24. The first-order valence-corrected chi connectivity index (χ1v) is 5.46. The number of carbonyl (C=O) groups excluding carboxylic acids is 2. The monoisotopic (exact) mass is 230 g/mol. The van der Waals surface area contributed by atoms with Crippen molar-refractivity contribution >= 4 is 11.9 Å². The van der Waals surface area contributed by atoms with Crippen LogP contribution in [0.4, 0.5) is 0 Å². The van der Waals surface area contributed by atoms with E-state index >= 15 is 0 Å². The number of hydrogen-bond donors (Lipinski definition) is 2. The van der Waals surface area contributed by atoms with Crippen LogP contribution in [0.2, 0.25) is 0 Å². The van der Waals surface area contributed by atoms with Crippen molar-refractivity contribution in [3.63, 3.8) is 0 Å². The van der Waals surface area contributed by atoms with Gasteiger partial charge in [0.05, 0.1) is 7.11 Å². The zero-order valence-electron chi connectivity index (χ0n) is 10.7. The molecule has 0 aromatic rings. The molecule has 1 unspecified atom stereocenters. The molecule has 0 saturated carbocycles. The summed E-state index contributed by atoms with van der Waals surface area (Å²) < 4.78 is 4.64. The lowest BCUT2D eigenvalue weighted by Gasteiger charge is -2.21. The van der Waals surface area contributed by atoms with Crippen molar-refractivity contribution in [3.8, 4) is 0 Å². The van der Waals surface area contributed by atoms with Crippen LogP contribution in [-0.4, -0.2) is 38.6 Å². The van der Waals surface area contributed by atoms with Gasteiger partial charge in [-0.1, -0.05) is 20.8 Å². The average molecular weight is 230 g/mol. The lowest BCUT2D eigenvalue weighted by atomic mass is 10.0. The van der Waals surface area contributed by atoms with E-state index in [0.717, 1.165) is 0 Å². The first-order valence-electron chi connectivity index (χ1n) is 5.46. The SMILES string of the molecule is CNCC(C)C(=O)N[C@H](C(=O)OC)C(C)C. The van der Waals surface area contributed by atoms with Gasteiger partial charge in [-0.3, -0.25) is 4.79 Å². The van der Waals surface area contributed by atoms with Gasteiger partial charge in [0.2, 0.25) is 5.91 Å². The fourth-order valence-corrected chi connectivity index (χ4v) is 1.32. The van der Waals surface area contributed by atoms with Gasteiger partial charge in [-0.25, -0.2) is 4.79 Å². The van der Waals surface area contributed by atoms with Gasteiger partial charge in [-0.15, -0.1) is 0 Å². The predicted octanol–water partition coefficient (Wildman–Crippen LogP) is 0.156. The summed E-state index contributed by atoms with van der Waals surface area (Å²) in [6.45, 7) is 6.12. The Balaban J connectivity index is 4.40. The number of hydrogen-bond acceptors (Lipinski definition) is 4. The summed E-state index contributed by atoms with van der Waals surface area (Å²) in [6.07, 6.45) is 0. The normalized spacial score (nSPS) is 14.4. The molecule has 0 aromatic carbocycles. The van der Waals surface area contributed by atoms with Crippen LogP contribution in [0.15, 0.2) is 0 Å². The molecule has 0 aliphatic carbocycles. The summed E-state index contributed by atoms with van der Waals surface area (Å²) in [6, 6.07) is -0.572. The molecule has 0 aliphatic heterocycles. The van der Waals surface area contributed by atoms with Crippen LogP contribution in [0.3, 0.4) is 0 Å². The van der Waals surface area contributed by atoms with Crippen molar-refractivity contribution in [2.45, 2.75) is 26.8 Å². The third-order valence-electron chi connectivity index (χ3n) is 2.38. The largest absolute Gasteiger partial charge is 0.467 e. The van der Waals surface area contributed by atoms with E-state index in [9.17, 15) is 9.59 Å². The lowest BCUT2D eigenvalue weighted by Crippen LogP contribution is -2.48. The highest BCUT2D eigenvalue weighted by Gasteiger charge is 2.26. The summed E-state index contributed by atoms with van der Waals surface area (Å²) in [5, 5.41) is 5.62. The second-order valence-corrected chi connectivity index (χ2v) is 4.21. The third kappa shape index (κ3) is 4.61. The van der Waals surface area contributed by atoms with Gasteiger partial charge in [-0.05, 0) is 13.0 Å². The molecule has 0 aliphatic rings. The summed E-state index contributed by atoms with van der Waals surface area (Å²) in [5.74, 6) is -0.701. The standard InChI is InChI=1S/C11H22N2O3/c1-7(2)9(11(15)16-5)13-10(14)8(3)6-12-4/h7-9,12H,6H2,1-5H3,(H,13,14)/t8?,9-/m0/s1. The van der Waals surface area contributed by atoms with E-state index in [2.05, 4.69) is 15.4 Å². The van der Waals surface area contributed by atoms with Gasteiger partial charge < -0.3 is 15.4 Å². The maximum absolute atomic E-state index is 11.7. The van der Waals surface area contributed by atoms with Crippen LogP contribution >= 0.6 is 0 Å². The molecule has 2 atom stereocenters. The van der Waals surface area contributed by atoms with Crippen molar-refractivity contribution in [3.05, 3.63) is 0 Å². The van der Waals surface area contributed by atoms with Crippen LogP contribution in [0.5, 0.6) is 0 Å². The first-order chi connectivity index (χ1) is 7.43. The Labute approximate surface area is 96.9 Å². The zero-order chi connectivity index (χ0) is 12.7. The van der Waals surface area contributed by atoms with E-state index in [1.807, 2.05) is 13.8 Å². The zero-order valence-corrected chi connectivity index (χ0v) is 10.7. The van der Waals surface area contributed by atoms with Crippen LogP contribution in [0.1, 0.15) is 20.8 Å². The number of esters is 1. The van der Waals surface area contributed by atoms with E-state index in [1.165, 1.54) is 7.11 Å². The highest BCUT2D eigenvalue weighted by atomic mass is 16.5. The third-order valence-corrected chi connectivity index (χ3v) is 2.38. The molecule has 0 heterocycles. The van der Waals surface area contributed by atoms with Crippen LogP contribution in [0.25, 0.3) is 0 Å². The topological polar surface area (TPSA) is 67.4 Å². The Kier molecular flexibility index (Phi) is 6.72. The molecular weight excluding hydrogens is 208 g/mol. The molecule has 0 bridgehead atoms. The second-order valence-electron chi connectivity index (χ2n) is 4.21. The number of carbonyl (C=O) groups is 2. The second kappa shape index (κ2) is 7.22. The van der Waals surface area contributed by atoms with Gasteiger partial charge in [0.1, 0.15) is 6.04 Å². The fourth-order valence-electron chi connectivity index (χ4n) is 1.32. The molecule has 0 spiro atoms. The number of rotatable bonds is 6. The van der Waals surface area contributed by atoms with Crippen molar-refractivity contribution < 1.29 is 14.3 Å². The Morgan fingerprint density at radius 2 is 1.81 bits per heavy atom. The number of ether oxygens (including phenoxy) is 1. The van der Waals surface area contributed by atoms with Crippen molar-refractivity contribution in [1.82, 2.24) is 10.6 Å². The van der Waals surface area contributed by atoms with E-state index in [1.54, 1.807) is 14.0 Å². The van der Waals surface area contributed by atoms with Crippen LogP contribution in [0, 0.1) is 11.8 Å². The minimum Gasteiger partial charge on any atom is -0.467 e. The summed E-state index contributed by atoms with van der Waals surface area (Å²) in [5.41, 5.74) is 0. The highest BCUT2D eigenvalue weighted by Crippen LogP contribution is 2.05. The van der Waals surface area contributed by atoms with Crippen molar-refractivity contribution in [2.75, 3.05) is 20.7 Å². The maximum Gasteiger partial charge on any atom is 0.328 e. The molecule has 1 amide bonds. The van der Waals surface area contributed by atoms with Crippen LogP contribution < -0.4 is 10.6 Å². The molecule has 0 fully saturated rings. The Bertz CT molecular complexity index is 241. The molecule has 0 saturated heterocycles. The van der Waals surface area contributed by atoms with Crippen molar-refractivity contribution in [1.29, 1.82) is 0 Å². The Morgan fingerprint density at radius 3 is 2.19 bits per heavy atom. The fraction of sp³-hybridized carbons (Fsp3) is 0.818. The highest BCUT2D eigenvalue weighted by molar-refractivity contribution is 5.85. The Hall–Kier alpha value is -1.10. The number of methoxy groups -OCH3 is 1.